The second-order valence-corrected chi connectivity index (χ2v) is 3.88. The third-order valence-corrected chi connectivity index (χ3v) is 2.68. The first-order valence-electron chi connectivity index (χ1n) is 5.11. The second kappa shape index (κ2) is 3.93. The van der Waals surface area contributed by atoms with Gasteiger partial charge in [0.05, 0.1) is 6.04 Å². The molecule has 1 saturated heterocycles. The number of hydrogen-bond donors (Lipinski definition) is 1. The van der Waals surface area contributed by atoms with E-state index in [4.69, 9.17) is 0 Å². The van der Waals surface area contributed by atoms with Crippen LogP contribution in [0.5, 0.6) is 0 Å². The highest BCUT2D eigenvalue weighted by Crippen LogP contribution is 2.13. The van der Waals surface area contributed by atoms with E-state index >= 15 is 0 Å². The van der Waals surface area contributed by atoms with Crippen LogP contribution in [0, 0.1) is 6.92 Å². The predicted octanol–water partition coefficient (Wildman–Crippen LogP) is 1.93. The van der Waals surface area contributed by atoms with Gasteiger partial charge in [-0.2, -0.15) is 0 Å². The Morgan fingerprint density at radius 3 is 3.00 bits per heavy atom. The van der Waals surface area contributed by atoms with Crippen LogP contribution in [0.4, 0.5) is 0 Å². The summed E-state index contributed by atoms with van der Waals surface area (Å²) >= 11 is 0. The summed E-state index contributed by atoms with van der Waals surface area (Å²) in [5, 5.41) is 3.22. The summed E-state index contributed by atoms with van der Waals surface area (Å²) in [5.41, 5.74) is 1.98. The van der Waals surface area contributed by atoms with Crippen LogP contribution in [0.1, 0.15) is 28.8 Å². The lowest BCUT2D eigenvalue weighted by atomic mass is 10.0. The average Bonchev–Trinajstić information content (AvgIpc) is 2.69. The zero-order valence-electron chi connectivity index (χ0n) is 8.42. The van der Waals surface area contributed by atoms with Crippen LogP contribution in [0.25, 0.3) is 0 Å². The van der Waals surface area contributed by atoms with Crippen molar-refractivity contribution in [3.05, 3.63) is 35.4 Å². The highest BCUT2D eigenvalue weighted by atomic mass is 16.1. The summed E-state index contributed by atoms with van der Waals surface area (Å²) in [6, 6.07) is 7.87. The lowest BCUT2D eigenvalue weighted by molar-refractivity contribution is 0.0952. The van der Waals surface area contributed by atoms with Crippen LogP contribution in [0.2, 0.25) is 0 Å². The molecule has 0 spiro atoms. The number of hydrogen-bond acceptors (Lipinski definition) is 2. The van der Waals surface area contributed by atoms with Crippen LogP contribution in [0.3, 0.4) is 0 Å². The average molecular weight is 189 g/mol. The summed E-state index contributed by atoms with van der Waals surface area (Å²) in [5.74, 6) is 0.242. The third kappa shape index (κ3) is 1.85. The van der Waals surface area contributed by atoms with Gasteiger partial charge in [-0.05, 0) is 32.4 Å². The monoisotopic (exact) mass is 189 g/mol. The van der Waals surface area contributed by atoms with Gasteiger partial charge in [0.1, 0.15) is 0 Å². The molecule has 0 radical (unpaired) electrons. The largest absolute Gasteiger partial charge is 0.307 e. The number of ketones is 1. The number of benzene rings is 1. The zero-order chi connectivity index (χ0) is 9.97. The van der Waals surface area contributed by atoms with E-state index in [0.29, 0.717) is 0 Å². The van der Waals surface area contributed by atoms with Crippen molar-refractivity contribution in [2.24, 2.45) is 0 Å². The summed E-state index contributed by atoms with van der Waals surface area (Å²) in [7, 11) is 0. The van der Waals surface area contributed by atoms with Gasteiger partial charge < -0.3 is 5.32 Å². The van der Waals surface area contributed by atoms with Crippen LogP contribution in [0.15, 0.2) is 24.3 Å². The fourth-order valence-electron chi connectivity index (χ4n) is 1.91. The van der Waals surface area contributed by atoms with Crippen molar-refractivity contribution in [2.45, 2.75) is 25.8 Å². The number of aryl methyl sites for hydroxylation is 1. The van der Waals surface area contributed by atoms with Gasteiger partial charge in [-0.15, -0.1) is 0 Å². The number of rotatable bonds is 2. The molecule has 0 aliphatic carbocycles. The Bertz CT molecular complexity index is 340. The van der Waals surface area contributed by atoms with Crippen LogP contribution < -0.4 is 5.32 Å². The standard InChI is InChI=1S/C12H15NO/c1-9-4-2-5-10(8-9)12(14)11-6-3-7-13-11/h2,4-5,8,11,13H,3,6-7H2,1H3. The molecule has 0 aromatic heterocycles. The molecule has 0 saturated carbocycles. The number of carbonyl (C=O) groups is 1. The molecule has 1 aromatic rings. The molecular weight excluding hydrogens is 174 g/mol. The maximum atomic E-state index is 11.9. The summed E-state index contributed by atoms with van der Waals surface area (Å²) in [4.78, 5) is 11.9. The van der Waals surface area contributed by atoms with E-state index in [9.17, 15) is 4.79 Å². The topological polar surface area (TPSA) is 29.1 Å². The molecule has 0 bridgehead atoms. The molecule has 1 unspecified atom stereocenters. The minimum absolute atomic E-state index is 0.0526. The highest BCUT2D eigenvalue weighted by Gasteiger charge is 2.22. The lowest BCUT2D eigenvalue weighted by Crippen LogP contribution is -2.30. The summed E-state index contributed by atoms with van der Waals surface area (Å²) in [6.45, 7) is 2.99. The van der Waals surface area contributed by atoms with E-state index < -0.39 is 0 Å². The van der Waals surface area contributed by atoms with E-state index in [1.807, 2.05) is 31.2 Å². The molecular formula is C12H15NO. The van der Waals surface area contributed by atoms with Crippen LogP contribution >= 0.6 is 0 Å². The van der Waals surface area contributed by atoms with Gasteiger partial charge >= 0.3 is 0 Å². The maximum Gasteiger partial charge on any atom is 0.179 e. The van der Waals surface area contributed by atoms with Crippen molar-refractivity contribution < 1.29 is 4.79 Å². The second-order valence-electron chi connectivity index (χ2n) is 3.88. The third-order valence-electron chi connectivity index (χ3n) is 2.68. The van der Waals surface area contributed by atoms with E-state index in [-0.39, 0.29) is 11.8 Å². The van der Waals surface area contributed by atoms with Gasteiger partial charge in [0.25, 0.3) is 0 Å². The molecule has 1 aliphatic rings. The fourth-order valence-corrected chi connectivity index (χ4v) is 1.91. The van der Waals surface area contributed by atoms with Crippen molar-refractivity contribution in [1.82, 2.24) is 5.32 Å². The van der Waals surface area contributed by atoms with Crippen molar-refractivity contribution in [2.75, 3.05) is 6.54 Å². The van der Waals surface area contributed by atoms with Crippen LogP contribution in [-0.4, -0.2) is 18.4 Å². The number of Topliss-reactive ketones (excluding diaryl/α,β-unsaturated/α-hetero) is 1. The molecule has 14 heavy (non-hydrogen) atoms. The Morgan fingerprint density at radius 2 is 2.36 bits per heavy atom. The minimum atomic E-state index is 0.0526. The summed E-state index contributed by atoms with van der Waals surface area (Å²) < 4.78 is 0. The highest BCUT2D eigenvalue weighted by molar-refractivity contribution is 6.00. The van der Waals surface area contributed by atoms with E-state index in [2.05, 4.69) is 5.32 Å². The number of nitrogens with one attached hydrogen (secondary N) is 1. The first-order chi connectivity index (χ1) is 6.77. The normalized spacial score (nSPS) is 21.1. The molecule has 2 heteroatoms. The smallest absolute Gasteiger partial charge is 0.179 e. The Kier molecular flexibility index (Phi) is 2.64. The Morgan fingerprint density at radius 1 is 1.50 bits per heavy atom. The van der Waals surface area contributed by atoms with Crippen molar-refractivity contribution in [3.63, 3.8) is 0 Å². The Balaban J connectivity index is 2.17. The molecule has 1 aromatic carbocycles. The molecule has 1 N–H and O–H groups in total. The maximum absolute atomic E-state index is 11.9. The first-order valence-corrected chi connectivity index (χ1v) is 5.11. The van der Waals surface area contributed by atoms with E-state index in [0.717, 1.165) is 30.5 Å². The number of carbonyl (C=O) groups excluding carboxylic acids is 1. The van der Waals surface area contributed by atoms with Gasteiger partial charge in [0.15, 0.2) is 5.78 Å². The molecule has 1 fully saturated rings. The van der Waals surface area contributed by atoms with Gasteiger partial charge in [0, 0.05) is 5.56 Å². The van der Waals surface area contributed by atoms with Crippen LogP contribution in [-0.2, 0) is 0 Å². The van der Waals surface area contributed by atoms with E-state index in [1.165, 1.54) is 0 Å². The van der Waals surface area contributed by atoms with Gasteiger partial charge in [-0.1, -0.05) is 23.8 Å². The molecule has 74 valence electrons. The minimum Gasteiger partial charge on any atom is -0.307 e. The van der Waals surface area contributed by atoms with Crippen molar-refractivity contribution in [1.29, 1.82) is 0 Å². The van der Waals surface area contributed by atoms with Crippen molar-refractivity contribution in [3.8, 4) is 0 Å². The molecule has 0 amide bonds. The van der Waals surface area contributed by atoms with Gasteiger partial charge in [-0.3, -0.25) is 4.79 Å². The van der Waals surface area contributed by atoms with Gasteiger partial charge in [-0.25, -0.2) is 0 Å². The molecule has 1 aliphatic heterocycles. The SMILES string of the molecule is Cc1cccc(C(=O)C2CCCN2)c1. The summed E-state index contributed by atoms with van der Waals surface area (Å²) in [6.07, 6.45) is 2.09. The zero-order valence-corrected chi connectivity index (χ0v) is 8.42. The molecule has 1 atom stereocenters. The lowest BCUT2D eigenvalue weighted by Gasteiger charge is -2.08. The Hall–Kier alpha value is -1.15. The quantitative estimate of drug-likeness (QED) is 0.720. The van der Waals surface area contributed by atoms with Crippen molar-refractivity contribution >= 4 is 5.78 Å². The van der Waals surface area contributed by atoms with Gasteiger partial charge in [0.2, 0.25) is 0 Å². The first kappa shape index (κ1) is 9.41. The predicted molar refractivity (Wildman–Crippen MR) is 56.5 cm³/mol. The molecule has 2 nitrogen and oxygen atoms in total. The Labute approximate surface area is 84.3 Å². The van der Waals surface area contributed by atoms with E-state index in [1.54, 1.807) is 0 Å². The molecule has 2 rings (SSSR count). The fraction of sp³-hybridized carbons (Fsp3) is 0.417. The molecule has 1 heterocycles.